The van der Waals surface area contributed by atoms with E-state index in [4.69, 9.17) is 6.42 Å². The van der Waals surface area contributed by atoms with Gasteiger partial charge in [0.25, 0.3) is 0 Å². The van der Waals surface area contributed by atoms with E-state index in [0.717, 1.165) is 10.5 Å². The van der Waals surface area contributed by atoms with Gasteiger partial charge in [-0.05, 0) is 6.07 Å². The number of aromatic nitrogens is 1. The summed E-state index contributed by atoms with van der Waals surface area (Å²) in [5.41, 5.74) is -0.0621. The van der Waals surface area contributed by atoms with Gasteiger partial charge in [-0.2, -0.15) is 4.31 Å². The molecule has 7 heteroatoms. The molecule has 0 unspecified atom stereocenters. The number of carbonyl (C=O) groups is 1. The van der Waals surface area contributed by atoms with Crippen LogP contribution in [0.15, 0.2) is 23.4 Å². The SMILES string of the molecule is C#CCN(CC)S(=O)(=O)c1cnccc1C(=O)OC. The van der Waals surface area contributed by atoms with Crippen LogP contribution in [0.4, 0.5) is 0 Å². The number of terminal acetylenes is 1. The molecule has 1 aromatic rings. The summed E-state index contributed by atoms with van der Waals surface area (Å²) in [6, 6.07) is 1.29. The molecule has 0 amide bonds. The topological polar surface area (TPSA) is 76.6 Å². The van der Waals surface area contributed by atoms with E-state index in [0.29, 0.717) is 0 Å². The molecule has 102 valence electrons. The summed E-state index contributed by atoms with van der Waals surface area (Å²) in [4.78, 5) is 15.1. The normalized spacial score (nSPS) is 11.1. The zero-order valence-corrected chi connectivity index (χ0v) is 11.5. The Bertz CT molecular complexity index is 604. The number of methoxy groups -OCH3 is 1. The Morgan fingerprint density at radius 3 is 2.79 bits per heavy atom. The second kappa shape index (κ2) is 6.31. The average Bonchev–Trinajstić information content (AvgIpc) is 2.43. The van der Waals surface area contributed by atoms with Crippen LogP contribution in [0.5, 0.6) is 0 Å². The Hall–Kier alpha value is -1.91. The molecule has 0 fully saturated rings. The lowest BCUT2D eigenvalue weighted by Gasteiger charge is -2.18. The third kappa shape index (κ3) is 3.10. The van der Waals surface area contributed by atoms with Crippen LogP contribution in [0, 0.1) is 12.3 Å². The standard InChI is InChI=1S/C12H14N2O4S/c1-4-8-14(5-2)19(16,17)11-9-13-7-6-10(11)12(15)18-3/h1,6-7,9H,5,8H2,2-3H3. The minimum Gasteiger partial charge on any atom is -0.465 e. The lowest BCUT2D eigenvalue weighted by Crippen LogP contribution is -2.32. The summed E-state index contributed by atoms with van der Waals surface area (Å²) in [6.07, 6.45) is 7.57. The minimum atomic E-state index is -3.87. The quantitative estimate of drug-likeness (QED) is 0.581. The Labute approximate surface area is 112 Å². The Kier molecular flexibility index (Phi) is 5.03. The van der Waals surface area contributed by atoms with Crippen LogP contribution >= 0.6 is 0 Å². The van der Waals surface area contributed by atoms with Gasteiger partial charge in [-0.1, -0.05) is 12.8 Å². The molecule has 0 N–H and O–H groups in total. The number of hydrogen-bond donors (Lipinski definition) is 0. The first-order chi connectivity index (χ1) is 8.98. The predicted octanol–water partition coefficient (Wildman–Crippen LogP) is 0.512. The number of esters is 1. The Morgan fingerprint density at radius 2 is 2.26 bits per heavy atom. The van der Waals surface area contributed by atoms with Gasteiger partial charge in [0.2, 0.25) is 10.0 Å². The molecule has 0 saturated carbocycles. The van der Waals surface area contributed by atoms with E-state index in [1.807, 2.05) is 0 Å². The molecule has 1 aromatic heterocycles. The van der Waals surface area contributed by atoms with Crippen molar-refractivity contribution in [1.82, 2.24) is 9.29 Å². The van der Waals surface area contributed by atoms with Crippen molar-refractivity contribution < 1.29 is 17.9 Å². The molecule has 0 bridgehead atoms. The van der Waals surface area contributed by atoms with Crippen molar-refractivity contribution >= 4 is 16.0 Å². The van der Waals surface area contributed by atoms with Crippen molar-refractivity contribution in [2.45, 2.75) is 11.8 Å². The maximum absolute atomic E-state index is 12.4. The summed E-state index contributed by atoms with van der Waals surface area (Å²) in [5.74, 6) is 1.53. The van der Waals surface area contributed by atoms with Crippen molar-refractivity contribution in [2.75, 3.05) is 20.2 Å². The van der Waals surface area contributed by atoms with Crippen LogP contribution in [-0.2, 0) is 14.8 Å². The molecule has 0 aromatic carbocycles. The lowest BCUT2D eigenvalue weighted by molar-refractivity contribution is 0.0596. The van der Waals surface area contributed by atoms with Gasteiger partial charge in [0.05, 0.1) is 19.2 Å². The minimum absolute atomic E-state index is 0.0621. The van der Waals surface area contributed by atoms with Crippen molar-refractivity contribution in [3.8, 4) is 12.3 Å². The summed E-state index contributed by atoms with van der Waals surface area (Å²) >= 11 is 0. The molecule has 1 rings (SSSR count). The van der Waals surface area contributed by atoms with E-state index < -0.39 is 16.0 Å². The first-order valence-electron chi connectivity index (χ1n) is 5.45. The fraction of sp³-hybridized carbons (Fsp3) is 0.333. The summed E-state index contributed by atoms with van der Waals surface area (Å²) in [6.45, 7) is 1.78. The fourth-order valence-corrected chi connectivity index (χ4v) is 2.96. The van der Waals surface area contributed by atoms with E-state index in [1.54, 1.807) is 6.92 Å². The van der Waals surface area contributed by atoms with Gasteiger partial charge in [-0.3, -0.25) is 4.98 Å². The smallest absolute Gasteiger partial charge is 0.339 e. The predicted molar refractivity (Wildman–Crippen MR) is 68.8 cm³/mol. The summed E-state index contributed by atoms with van der Waals surface area (Å²) < 4.78 is 30.4. The zero-order chi connectivity index (χ0) is 14.5. The van der Waals surface area contributed by atoms with Crippen molar-refractivity contribution in [3.63, 3.8) is 0 Å². The van der Waals surface area contributed by atoms with Gasteiger partial charge >= 0.3 is 5.97 Å². The van der Waals surface area contributed by atoms with Crippen LogP contribution in [0.25, 0.3) is 0 Å². The van der Waals surface area contributed by atoms with Crippen molar-refractivity contribution in [1.29, 1.82) is 0 Å². The molecule has 0 radical (unpaired) electrons. The highest BCUT2D eigenvalue weighted by molar-refractivity contribution is 7.89. The molecular weight excluding hydrogens is 268 g/mol. The monoisotopic (exact) mass is 282 g/mol. The number of sulfonamides is 1. The molecule has 0 atom stereocenters. The highest BCUT2D eigenvalue weighted by atomic mass is 32.2. The maximum atomic E-state index is 12.4. The van der Waals surface area contributed by atoms with Crippen LogP contribution in [0.3, 0.4) is 0 Å². The van der Waals surface area contributed by atoms with Crippen molar-refractivity contribution in [2.24, 2.45) is 0 Å². The second-order valence-electron chi connectivity index (χ2n) is 3.50. The van der Waals surface area contributed by atoms with Gasteiger partial charge in [0.1, 0.15) is 4.90 Å². The van der Waals surface area contributed by atoms with E-state index in [-0.39, 0.29) is 23.5 Å². The molecule has 0 spiro atoms. The zero-order valence-electron chi connectivity index (χ0n) is 10.7. The molecule has 0 aliphatic rings. The van der Waals surface area contributed by atoms with E-state index in [2.05, 4.69) is 15.6 Å². The number of rotatable bonds is 5. The fourth-order valence-electron chi connectivity index (χ4n) is 1.47. The molecule has 0 aliphatic carbocycles. The molecule has 19 heavy (non-hydrogen) atoms. The highest BCUT2D eigenvalue weighted by Gasteiger charge is 2.28. The Morgan fingerprint density at radius 1 is 1.58 bits per heavy atom. The van der Waals surface area contributed by atoms with Crippen LogP contribution < -0.4 is 0 Å². The molecule has 0 aliphatic heterocycles. The van der Waals surface area contributed by atoms with Gasteiger partial charge in [-0.25, -0.2) is 13.2 Å². The van der Waals surface area contributed by atoms with E-state index in [1.165, 1.54) is 19.4 Å². The number of ether oxygens (including phenoxy) is 1. The lowest BCUT2D eigenvalue weighted by atomic mass is 10.3. The Balaban J connectivity index is 3.37. The second-order valence-corrected chi connectivity index (χ2v) is 5.41. The molecule has 1 heterocycles. The van der Waals surface area contributed by atoms with Gasteiger partial charge in [0, 0.05) is 18.9 Å². The van der Waals surface area contributed by atoms with Gasteiger partial charge in [-0.15, -0.1) is 6.42 Å². The molecule has 0 saturated heterocycles. The van der Waals surface area contributed by atoms with Gasteiger partial charge < -0.3 is 4.74 Å². The highest BCUT2D eigenvalue weighted by Crippen LogP contribution is 2.19. The third-order valence-corrected chi connectivity index (χ3v) is 4.38. The van der Waals surface area contributed by atoms with Crippen LogP contribution in [0.2, 0.25) is 0 Å². The average molecular weight is 282 g/mol. The number of carbonyl (C=O) groups excluding carboxylic acids is 1. The largest absolute Gasteiger partial charge is 0.465 e. The number of hydrogen-bond acceptors (Lipinski definition) is 5. The third-order valence-electron chi connectivity index (χ3n) is 2.43. The van der Waals surface area contributed by atoms with E-state index in [9.17, 15) is 13.2 Å². The van der Waals surface area contributed by atoms with Crippen molar-refractivity contribution in [3.05, 3.63) is 24.0 Å². The summed E-state index contributed by atoms with van der Waals surface area (Å²) in [7, 11) is -2.69. The van der Waals surface area contributed by atoms with Crippen LogP contribution in [-0.4, -0.2) is 43.9 Å². The summed E-state index contributed by atoms with van der Waals surface area (Å²) in [5, 5.41) is 0. The molecule has 6 nitrogen and oxygen atoms in total. The molecular formula is C12H14N2O4S. The first-order valence-corrected chi connectivity index (χ1v) is 6.89. The number of pyridine rings is 1. The maximum Gasteiger partial charge on any atom is 0.339 e. The van der Waals surface area contributed by atoms with Crippen LogP contribution in [0.1, 0.15) is 17.3 Å². The number of nitrogens with zero attached hydrogens (tertiary/aromatic N) is 2. The first kappa shape index (κ1) is 15.1. The van der Waals surface area contributed by atoms with E-state index >= 15 is 0 Å². The van der Waals surface area contributed by atoms with Gasteiger partial charge in [0.15, 0.2) is 0 Å².